The van der Waals surface area contributed by atoms with E-state index in [1.807, 2.05) is 0 Å². The number of aliphatic hydroxyl groups excluding tert-OH is 1. The van der Waals surface area contributed by atoms with E-state index in [2.05, 4.69) is 10.6 Å². The molecular weight excluding hydrogens is 272 g/mol. The minimum atomic E-state index is -0.0529. The topological polar surface area (TPSA) is 135 Å². The molecule has 8 N–H and O–H groups in total. The van der Waals surface area contributed by atoms with E-state index in [9.17, 15) is 15.3 Å². The van der Waals surface area contributed by atoms with Crippen molar-refractivity contribution in [3.63, 3.8) is 0 Å². The van der Waals surface area contributed by atoms with Crippen molar-refractivity contribution in [2.75, 3.05) is 19.7 Å². The maximum Gasteiger partial charge on any atom is 0.185 e. The van der Waals surface area contributed by atoms with Crippen LogP contribution in [0.1, 0.15) is 18.4 Å². The molecular formula is C14H24N4O3. The van der Waals surface area contributed by atoms with E-state index < -0.39 is 0 Å². The zero-order valence-corrected chi connectivity index (χ0v) is 12.0. The van der Waals surface area contributed by atoms with Gasteiger partial charge in [0.2, 0.25) is 0 Å². The van der Waals surface area contributed by atoms with Gasteiger partial charge in [0, 0.05) is 12.6 Å². The van der Waals surface area contributed by atoms with E-state index >= 15 is 0 Å². The van der Waals surface area contributed by atoms with Crippen LogP contribution in [-0.2, 0) is 6.42 Å². The molecule has 0 spiro atoms. The summed E-state index contributed by atoms with van der Waals surface area (Å²) in [7, 11) is 0. The summed E-state index contributed by atoms with van der Waals surface area (Å²) in [6.45, 7) is 1.20. The first kappa shape index (κ1) is 17.1. The fourth-order valence-corrected chi connectivity index (χ4v) is 2.01. The molecule has 0 aliphatic rings. The number of phenolic OH excluding ortho intramolecular Hbond substituents is 2. The van der Waals surface area contributed by atoms with Crippen molar-refractivity contribution in [3.8, 4) is 11.5 Å². The summed E-state index contributed by atoms with van der Waals surface area (Å²) in [4.78, 5) is 0. The summed E-state index contributed by atoms with van der Waals surface area (Å²) in [6, 6.07) is 4.38. The number of nitrogens with two attached hydrogens (primary N) is 1. The molecule has 1 aromatic carbocycles. The van der Waals surface area contributed by atoms with Crippen LogP contribution >= 0.6 is 0 Å². The third kappa shape index (κ3) is 6.82. The molecule has 7 heteroatoms. The molecule has 0 unspecified atom stereocenters. The molecule has 0 aromatic heterocycles. The number of hydrogen-bond donors (Lipinski definition) is 7. The van der Waals surface area contributed by atoms with Crippen LogP contribution in [0.15, 0.2) is 18.2 Å². The average Bonchev–Trinajstić information content (AvgIpc) is 2.44. The zero-order valence-electron chi connectivity index (χ0n) is 12.0. The van der Waals surface area contributed by atoms with Gasteiger partial charge in [0.05, 0.1) is 6.61 Å². The van der Waals surface area contributed by atoms with Gasteiger partial charge >= 0.3 is 0 Å². The van der Waals surface area contributed by atoms with Gasteiger partial charge < -0.3 is 31.7 Å². The van der Waals surface area contributed by atoms with Crippen LogP contribution in [0, 0.1) is 5.41 Å². The molecule has 1 atom stereocenters. The van der Waals surface area contributed by atoms with Crippen molar-refractivity contribution < 1.29 is 15.3 Å². The van der Waals surface area contributed by atoms with Crippen molar-refractivity contribution in [2.24, 2.45) is 5.73 Å². The van der Waals surface area contributed by atoms with Crippen molar-refractivity contribution in [3.05, 3.63) is 23.8 Å². The van der Waals surface area contributed by atoms with Gasteiger partial charge in [-0.2, -0.15) is 0 Å². The van der Waals surface area contributed by atoms with Crippen LogP contribution in [0.25, 0.3) is 0 Å². The lowest BCUT2D eigenvalue weighted by Gasteiger charge is -2.16. The second kappa shape index (κ2) is 9.04. The van der Waals surface area contributed by atoms with Gasteiger partial charge in [0.25, 0.3) is 0 Å². The highest BCUT2D eigenvalue weighted by Gasteiger charge is 2.08. The molecule has 0 radical (unpaired) electrons. The summed E-state index contributed by atoms with van der Waals surface area (Å²) in [5.41, 5.74) is 5.84. The number of hydrogen-bond acceptors (Lipinski definition) is 5. The lowest BCUT2D eigenvalue weighted by molar-refractivity contribution is 0.234. The number of aliphatic hydroxyl groups is 1. The summed E-state index contributed by atoms with van der Waals surface area (Å²) in [6.07, 6.45) is 2.10. The van der Waals surface area contributed by atoms with Gasteiger partial charge in [-0.05, 0) is 49.6 Å². The smallest absolute Gasteiger partial charge is 0.185 e. The minimum Gasteiger partial charge on any atom is -0.508 e. The summed E-state index contributed by atoms with van der Waals surface area (Å²) in [5.74, 6) is 0.223. The number of aromatic hydroxyl groups is 2. The third-order valence-corrected chi connectivity index (χ3v) is 3.16. The van der Waals surface area contributed by atoms with Gasteiger partial charge in [-0.3, -0.25) is 5.41 Å². The molecule has 0 heterocycles. The summed E-state index contributed by atoms with van der Waals surface area (Å²) >= 11 is 0. The van der Waals surface area contributed by atoms with Crippen LogP contribution < -0.4 is 16.4 Å². The van der Waals surface area contributed by atoms with Gasteiger partial charge in [-0.25, -0.2) is 0 Å². The molecule has 0 fully saturated rings. The van der Waals surface area contributed by atoms with Crippen molar-refractivity contribution in [1.82, 2.24) is 10.6 Å². The van der Waals surface area contributed by atoms with Gasteiger partial charge in [-0.1, -0.05) is 0 Å². The first-order valence-corrected chi connectivity index (χ1v) is 6.96. The van der Waals surface area contributed by atoms with Crippen LogP contribution in [-0.4, -0.2) is 47.0 Å². The van der Waals surface area contributed by atoms with Crippen molar-refractivity contribution >= 4 is 5.96 Å². The summed E-state index contributed by atoms with van der Waals surface area (Å²) in [5, 5.41) is 41.3. The SMILES string of the molecule is N=C(N)NCCC[C@@H](CO)NCCc1cc(O)ccc1O. The number of phenols is 2. The lowest BCUT2D eigenvalue weighted by atomic mass is 10.1. The highest BCUT2D eigenvalue weighted by molar-refractivity contribution is 5.74. The zero-order chi connectivity index (χ0) is 15.7. The standard InChI is InChI=1S/C14H24N4O3/c15-14(16)18-6-1-2-11(9-19)17-7-5-10-8-12(20)3-4-13(10)21/h3-4,8,11,17,19-21H,1-2,5-7,9H2,(H4,15,16,18)/t11-/m0/s1. The number of rotatable bonds is 9. The highest BCUT2D eigenvalue weighted by Crippen LogP contribution is 2.22. The van der Waals surface area contributed by atoms with E-state index in [4.69, 9.17) is 11.1 Å². The maximum absolute atomic E-state index is 9.65. The molecule has 0 aliphatic carbocycles. The van der Waals surface area contributed by atoms with Crippen LogP contribution in [0.5, 0.6) is 11.5 Å². The molecule has 0 amide bonds. The fourth-order valence-electron chi connectivity index (χ4n) is 2.01. The van der Waals surface area contributed by atoms with Crippen LogP contribution in [0.4, 0.5) is 0 Å². The fraction of sp³-hybridized carbons (Fsp3) is 0.500. The van der Waals surface area contributed by atoms with E-state index in [1.54, 1.807) is 0 Å². The molecule has 1 aromatic rings. The molecule has 118 valence electrons. The Labute approximate surface area is 124 Å². The Morgan fingerprint density at radius 1 is 1.29 bits per heavy atom. The van der Waals surface area contributed by atoms with E-state index in [1.165, 1.54) is 18.2 Å². The maximum atomic E-state index is 9.65. The second-order valence-corrected chi connectivity index (χ2v) is 4.88. The number of nitrogens with one attached hydrogen (secondary N) is 3. The number of guanidine groups is 1. The monoisotopic (exact) mass is 296 g/mol. The quantitative estimate of drug-likeness (QED) is 0.147. The average molecular weight is 296 g/mol. The Morgan fingerprint density at radius 3 is 2.71 bits per heavy atom. The van der Waals surface area contributed by atoms with Crippen LogP contribution in [0.2, 0.25) is 0 Å². The Bertz CT molecular complexity index is 454. The molecule has 0 bridgehead atoms. The number of benzene rings is 1. The van der Waals surface area contributed by atoms with E-state index in [0.717, 1.165) is 12.8 Å². The first-order chi connectivity index (χ1) is 10.0. The highest BCUT2D eigenvalue weighted by atomic mass is 16.3. The predicted molar refractivity (Wildman–Crippen MR) is 81.5 cm³/mol. The molecule has 0 saturated carbocycles. The Morgan fingerprint density at radius 2 is 2.05 bits per heavy atom. The third-order valence-electron chi connectivity index (χ3n) is 3.16. The molecule has 0 aliphatic heterocycles. The van der Waals surface area contributed by atoms with Crippen LogP contribution in [0.3, 0.4) is 0 Å². The van der Waals surface area contributed by atoms with Gasteiger partial charge in [-0.15, -0.1) is 0 Å². The molecule has 1 rings (SSSR count). The molecule has 7 nitrogen and oxygen atoms in total. The summed E-state index contributed by atoms with van der Waals surface area (Å²) < 4.78 is 0. The Hall–Kier alpha value is -1.99. The van der Waals surface area contributed by atoms with Gasteiger partial charge in [0.1, 0.15) is 11.5 Å². The Balaban J connectivity index is 2.28. The van der Waals surface area contributed by atoms with E-state index in [-0.39, 0.29) is 30.1 Å². The van der Waals surface area contributed by atoms with Gasteiger partial charge in [0.15, 0.2) is 5.96 Å². The largest absolute Gasteiger partial charge is 0.508 e. The lowest BCUT2D eigenvalue weighted by Crippen LogP contribution is -2.36. The molecule has 0 saturated heterocycles. The van der Waals surface area contributed by atoms with E-state index in [0.29, 0.717) is 25.1 Å². The minimum absolute atomic E-state index is 0.0199. The first-order valence-electron chi connectivity index (χ1n) is 6.96. The Kier molecular flexibility index (Phi) is 7.34. The van der Waals surface area contributed by atoms with Crippen molar-refractivity contribution in [1.29, 1.82) is 5.41 Å². The molecule has 21 heavy (non-hydrogen) atoms. The predicted octanol–water partition coefficient (Wildman–Crippen LogP) is -0.146. The normalized spacial score (nSPS) is 12.0. The second-order valence-electron chi connectivity index (χ2n) is 4.88. The van der Waals surface area contributed by atoms with Crippen molar-refractivity contribution in [2.45, 2.75) is 25.3 Å².